The molecule has 0 nitrogen and oxygen atoms in total. The van der Waals surface area contributed by atoms with Gasteiger partial charge in [-0.3, -0.25) is 0 Å². The molecular weight excluding hydrogens is 46.8 g/mol. The van der Waals surface area contributed by atoms with Crippen LogP contribution in [0.2, 0.25) is 6.82 Å². The second-order valence-corrected chi connectivity index (χ2v) is 0. The average Bonchev–Trinajstić information content (AvgIpc) is 1.50. The first kappa shape index (κ1) is 8.96. The Balaban J connectivity index is 0. The van der Waals surface area contributed by atoms with Crippen LogP contribution in [0.15, 0.2) is 0 Å². The predicted molar refractivity (Wildman–Crippen MR) is 23.0 cm³/mol. The minimum Gasteiger partial charge on any atom is -0.0999 e. The number of hydrogen-bond donors (Lipinski definition) is 0. The van der Waals surface area contributed by atoms with Crippen molar-refractivity contribution in [2.75, 3.05) is 0 Å². The summed E-state index contributed by atoms with van der Waals surface area (Å²) in [6.07, 6.45) is 0. The Morgan fingerprint density at radius 1 is 1.00 bits per heavy atom. The molecule has 0 N–H and O–H groups in total. The Morgan fingerprint density at radius 3 is 1.00 bits per heavy atom. The van der Waals surface area contributed by atoms with Crippen LogP contribution >= 0.6 is 0 Å². The van der Waals surface area contributed by atoms with E-state index in [9.17, 15) is 0 Å². The number of rotatable bonds is 0. The summed E-state index contributed by atoms with van der Waals surface area (Å²) in [6, 6.07) is 0. The van der Waals surface area contributed by atoms with Gasteiger partial charge in [0.2, 0.25) is 0 Å². The van der Waals surface area contributed by atoms with Crippen LogP contribution < -0.4 is 0 Å². The molecule has 0 aromatic heterocycles. The lowest BCUT2D eigenvalue weighted by atomic mass is 10.2. The second-order valence-electron chi connectivity index (χ2n) is 0. The molecule has 0 saturated carbocycles. The highest BCUT2D eigenvalue weighted by Crippen LogP contribution is 1.14. The third-order valence-electron chi connectivity index (χ3n) is 0. The van der Waals surface area contributed by atoms with E-state index in [1.807, 2.05) is 13.8 Å². The molecule has 1 heteroatoms. The maximum atomic E-state index is 4.50. The molecule has 0 heterocycles. The minimum atomic E-state index is 1.50. The van der Waals surface area contributed by atoms with Gasteiger partial charge in [0.05, 0.1) is 7.85 Å². The molecule has 0 aromatic carbocycles. The highest BCUT2D eigenvalue weighted by molar-refractivity contribution is 6.05. The van der Waals surface area contributed by atoms with Crippen LogP contribution in [0.3, 0.4) is 0 Å². The Morgan fingerprint density at radius 2 is 1.00 bits per heavy atom. The molecule has 4 heavy (non-hydrogen) atoms. The average molecular weight is 55.9 g/mol. The highest BCUT2D eigenvalue weighted by atomic mass is 13.0. The molecule has 0 bridgehead atoms. The summed E-state index contributed by atoms with van der Waals surface area (Å²) in [4.78, 5) is 0. The monoisotopic (exact) mass is 56.1 g/mol. The first-order valence-corrected chi connectivity index (χ1v) is 1.58. The maximum Gasteiger partial charge on any atom is 0.0606 e. The van der Waals surface area contributed by atoms with Crippen molar-refractivity contribution in [1.29, 1.82) is 0 Å². The lowest BCUT2D eigenvalue weighted by Crippen LogP contribution is -1.13. The van der Waals surface area contributed by atoms with E-state index in [0.29, 0.717) is 0 Å². The van der Waals surface area contributed by atoms with Crippen molar-refractivity contribution >= 4 is 7.85 Å². The first-order valence-electron chi connectivity index (χ1n) is 1.58. The Labute approximate surface area is 29.6 Å². The molecule has 0 atom stereocenters. The molecule has 0 aliphatic rings. The smallest absolute Gasteiger partial charge is 0.0606 e. The molecular formula is C3H9B. The van der Waals surface area contributed by atoms with E-state index in [4.69, 9.17) is 0 Å². The highest BCUT2D eigenvalue weighted by Gasteiger charge is 0.984. The fraction of sp³-hybridized carbons (Fsp3) is 1.00. The molecule has 24 valence electrons. The summed E-state index contributed by atoms with van der Waals surface area (Å²) in [5, 5.41) is 0. The van der Waals surface area contributed by atoms with E-state index in [1.165, 1.54) is 6.82 Å². The third kappa shape index (κ3) is 555. The summed E-state index contributed by atoms with van der Waals surface area (Å²) in [6.45, 7) is 5.50. The van der Waals surface area contributed by atoms with E-state index < -0.39 is 0 Å². The van der Waals surface area contributed by atoms with Crippen molar-refractivity contribution in [3.63, 3.8) is 0 Å². The molecule has 0 rings (SSSR count). The lowest BCUT2D eigenvalue weighted by molar-refractivity contribution is 1.50. The second kappa shape index (κ2) is 3100. The van der Waals surface area contributed by atoms with Crippen LogP contribution in [-0.4, -0.2) is 7.85 Å². The molecule has 0 spiro atoms. The molecule has 2 radical (unpaired) electrons. The van der Waals surface area contributed by atoms with E-state index in [2.05, 4.69) is 7.85 Å². The van der Waals surface area contributed by atoms with Crippen molar-refractivity contribution in [1.82, 2.24) is 0 Å². The van der Waals surface area contributed by atoms with Gasteiger partial charge in [-0.05, 0) is 0 Å². The van der Waals surface area contributed by atoms with Crippen molar-refractivity contribution in [3.8, 4) is 0 Å². The van der Waals surface area contributed by atoms with Crippen molar-refractivity contribution in [2.45, 2.75) is 20.7 Å². The van der Waals surface area contributed by atoms with Crippen LogP contribution in [0, 0.1) is 0 Å². The van der Waals surface area contributed by atoms with E-state index in [-0.39, 0.29) is 0 Å². The minimum absolute atomic E-state index is 1.50. The summed E-state index contributed by atoms with van der Waals surface area (Å²) < 4.78 is 0. The van der Waals surface area contributed by atoms with Gasteiger partial charge in [-0.15, -0.1) is 0 Å². The SMILES string of the molecule is CC.[B]C. The molecule has 0 aromatic rings. The van der Waals surface area contributed by atoms with Gasteiger partial charge in [0.1, 0.15) is 0 Å². The van der Waals surface area contributed by atoms with E-state index in [1.54, 1.807) is 0 Å². The molecule has 0 aliphatic carbocycles. The Bertz CT molecular complexity index is 3.25. The van der Waals surface area contributed by atoms with Crippen molar-refractivity contribution in [2.24, 2.45) is 0 Å². The van der Waals surface area contributed by atoms with Crippen molar-refractivity contribution < 1.29 is 0 Å². The summed E-state index contributed by atoms with van der Waals surface area (Å²) in [5.74, 6) is 0. The molecule has 0 aliphatic heterocycles. The van der Waals surface area contributed by atoms with Gasteiger partial charge in [-0.25, -0.2) is 0 Å². The summed E-state index contributed by atoms with van der Waals surface area (Å²) >= 11 is 0. The molecule has 0 saturated heterocycles. The Hall–Kier alpha value is 0.0649. The fourth-order valence-electron chi connectivity index (χ4n) is 0. The quantitative estimate of drug-likeness (QED) is 0.366. The van der Waals surface area contributed by atoms with Gasteiger partial charge in [0.25, 0.3) is 0 Å². The normalized spacial score (nSPS) is 2.75. The van der Waals surface area contributed by atoms with E-state index in [0.717, 1.165) is 0 Å². The van der Waals surface area contributed by atoms with Crippen LogP contribution in [0.25, 0.3) is 0 Å². The first-order chi connectivity index (χ1) is 2.00. The summed E-state index contributed by atoms with van der Waals surface area (Å²) in [7, 11) is 4.50. The van der Waals surface area contributed by atoms with Crippen LogP contribution in [-0.2, 0) is 0 Å². The van der Waals surface area contributed by atoms with Crippen LogP contribution in [0.5, 0.6) is 0 Å². The molecule has 0 unspecified atom stereocenters. The molecule has 0 fully saturated rings. The van der Waals surface area contributed by atoms with Crippen molar-refractivity contribution in [3.05, 3.63) is 0 Å². The van der Waals surface area contributed by atoms with Crippen LogP contribution in [0.4, 0.5) is 0 Å². The maximum absolute atomic E-state index is 4.50. The van der Waals surface area contributed by atoms with Gasteiger partial charge in [-0.2, -0.15) is 0 Å². The van der Waals surface area contributed by atoms with Gasteiger partial charge < -0.3 is 0 Å². The Kier molecular flexibility index (Phi) is 6940. The van der Waals surface area contributed by atoms with Gasteiger partial charge in [-0.1, -0.05) is 20.7 Å². The van der Waals surface area contributed by atoms with Gasteiger partial charge in [0.15, 0.2) is 0 Å². The van der Waals surface area contributed by atoms with Gasteiger partial charge >= 0.3 is 0 Å². The topological polar surface area (TPSA) is 0 Å². The summed E-state index contributed by atoms with van der Waals surface area (Å²) in [5.41, 5.74) is 0. The number of hydrogen-bond acceptors (Lipinski definition) is 0. The zero-order valence-corrected chi connectivity index (χ0v) is 3.58. The fourth-order valence-corrected chi connectivity index (χ4v) is 0. The largest absolute Gasteiger partial charge is 0.0999 e. The third-order valence-corrected chi connectivity index (χ3v) is 0. The lowest BCUT2D eigenvalue weighted by Gasteiger charge is -1.07. The predicted octanol–water partition coefficient (Wildman–Crippen LogP) is 1.23. The van der Waals surface area contributed by atoms with Gasteiger partial charge in [0, 0.05) is 0 Å². The van der Waals surface area contributed by atoms with E-state index >= 15 is 0 Å². The molecule has 0 amide bonds. The standard InChI is InChI=1S/C2H6.CH3B/c2*1-2/h1-2H3;1H3. The van der Waals surface area contributed by atoms with Crippen LogP contribution in [0.1, 0.15) is 13.8 Å². The zero-order valence-electron chi connectivity index (χ0n) is 3.58. The zero-order chi connectivity index (χ0) is 4.00.